The molecule has 0 spiro atoms. The van der Waals surface area contributed by atoms with Crippen LogP contribution >= 0.6 is 12.4 Å². The van der Waals surface area contributed by atoms with E-state index in [4.69, 9.17) is 18.9 Å². The van der Waals surface area contributed by atoms with E-state index in [1.165, 1.54) is 0 Å². The second kappa shape index (κ2) is 12.2. The predicted molar refractivity (Wildman–Crippen MR) is 134 cm³/mol. The minimum atomic E-state index is 0. The normalized spacial score (nSPS) is 18.0. The first-order valence-electron chi connectivity index (χ1n) is 11.7. The van der Waals surface area contributed by atoms with Gasteiger partial charge in [0.2, 0.25) is 0 Å². The van der Waals surface area contributed by atoms with Crippen LogP contribution in [-0.4, -0.2) is 75.9 Å². The van der Waals surface area contributed by atoms with Crippen molar-refractivity contribution in [3.63, 3.8) is 0 Å². The number of benzene rings is 2. The van der Waals surface area contributed by atoms with Gasteiger partial charge in [0.05, 0.1) is 27.9 Å². The van der Waals surface area contributed by atoms with Crippen LogP contribution in [0.1, 0.15) is 35.2 Å². The van der Waals surface area contributed by atoms with Gasteiger partial charge in [-0.25, -0.2) is 0 Å². The first-order chi connectivity index (χ1) is 16.1. The zero-order chi connectivity index (χ0) is 23.2. The Bertz CT molecular complexity index is 970. The number of ether oxygens (including phenoxy) is 4. The van der Waals surface area contributed by atoms with Gasteiger partial charge in [0.25, 0.3) is 5.91 Å². The Kier molecular flexibility index (Phi) is 9.30. The van der Waals surface area contributed by atoms with Crippen molar-refractivity contribution in [2.24, 2.45) is 0 Å². The highest BCUT2D eigenvalue weighted by Crippen LogP contribution is 2.34. The third-order valence-corrected chi connectivity index (χ3v) is 6.59. The van der Waals surface area contributed by atoms with Gasteiger partial charge in [0.15, 0.2) is 23.0 Å². The summed E-state index contributed by atoms with van der Waals surface area (Å²) < 4.78 is 22.1. The lowest BCUT2D eigenvalue weighted by Gasteiger charge is -2.41. The van der Waals surface area contributed by atoms with Crippen LogP contribution in [0.15, 0.2) is 36.4 Å². The van der Waals surface area contributed by atoms with Crippen molar-refractivity contribution in [1.29, 1.82) is 0 Å². The fraction of sp³-hybridized carbons (Fsp3) is 0.500. The number of carbonyl (C=O) groups is 1. The van der Waals surface area contributed by atoms with E-state index in [2.05, 4.69) is 9.80 Å². The third kappa shape index (κ3) is 5.70. The van der Waals surface area contributed by atoms with Crippen molar-refractivity contribution in [2.45, 2.75) is 31.7 Å². The molecule has 186 valence electrons. The van der Waals surface area contributed by atoms with Gasteiger partial charge in [-0.15, -0.1) is 12.4 Å². The van der Waals surface area contributed by atoms with Crippen LogP contribution in [0.25, 0.3) is 0 Å². The summed E-state index contributed by atoms with van der Waals surface area (Å²) in [6.45, 7) is 4.31. The smallest absolute Gasteiger partial charge is 0.254 e. The number of methoxy groups -OCH3 is 3. The highest BCUT2D eigenvalue weighted by molar-refractivity contribution is 5.97. The fourth-order valence-corrected chi connectivity index (χ4v) is 4.87. The summed E-state index contributed by atoms with van der Waals surface area (Å²) in [5, 5.41) is 0. The standard InChI is InChI=1S/C26H34N2O5.ClH/c1-30-22-9-4-5-10-23(22)33-15-7-13-27-12-6-8-20(18-27)28-14-11-19-16-24(31-2)25(32-3)17-21(19)26(28)29;/h4-5,9-10,16-17,20H,6-8,11-15,18H2,1-3H3;1H. The van der Waals surface area contributed by atoms with Crippen molar-refractivity contribution in [3.8, 4) is 23.0 Å². The third-order valence-electron chi connectivity index (χ3n) is 6.59. The lowest BCUT2D eigenvalue weighted by Crippen LogP contribution is -2.52. The van der Waals surface area contributed by atoms with Gasteiger partial charge in [0, 0.05) is 31.2 Å². The number of hydrogen-bond donors (Lipinski definition) is 0. The number of hydrogen-bond acceptors (Lipinski definition) is 6. The van der Waals surface area contributed by atoms with Crippen LogP contribution in [0.3, 0.4) is 0 Å². The highest BCUT2D eigenvalue weighted by Gasteiger charge is 2.33. The van der Waals surface area contributed by atoms with Crippen LogP contribution in [0.2, 0.25) is 0 Å². The second-order valence-corrected chi connectivity index (χ2v) is 8.56. The fourth-order valence-electron chi connectivity index (χ4n) is 4.87. The van der Waals surface area contributed by atoms with Crippen molar-refractivity contribution >= 4 is 18.3 Å². The molecule has 0 aliphatic carbocycles. The Morgan fingerprint density at radius 3 is 2.38 bits per heavy atom. The molecule has 1 atom stereocenters. The summed E-state index contributed by atoms with van der Waals surface area (Å²) in [6, 6.07) is 11.7. The number of nitrogens with zero attached hydrogens (tertiary/aromatic N) is 2. The topological polar surface area (TPSA) is 60.5 Å². The van der Waals surface area contributed by atoms with E-state index >= 15 is 0 Å². The molecule has 1 unspecified atom stereocenters. The van der Waals surface area contributed by atoms with Gasteiger partial charge in [-0.3, -0.25) is 4.79 Å². The Hall–Kier alpha value is -2.64. The van der Waals surface area contributed by atoms with Gasteiger partial charge in [-0.1, -0.05) is 12.1 Å². The zero-order valence-corrected chi connectivity index (χ0v) is 21.1. The Balaban J connectivity index is 0.00000324. The van der Waals surface area contributed by atoms with Crippen LogP contribution in [0.5, 0.6) is 23.0 Å². The lowest BCUT2D eigenvalue weighted by molar-refractivity contribution is 0.0517. The molecule has 34 heavy (non-hydrogen) atoms. The maximum atomic E-state index is 13.3. The van der Waals surface area contributed by atoms with E-state index in [1.54, 1.807) is 21.3 Å². The monoisotopic (exact) mass is 490 g/mol. The first kappa shape index (κ1) is 26.0. The van der Waals surface area contributed by atoms with Crippen molar-refractivity contribution in [1.82, 2.24) is 9.80 Å². The number of likely N-dealkylation sites (tertiary alicyclic amines) is 1. The van der Waals surface area contributed by atoms with E-state index in [9.17, 15) is 4.79 Å². The molecule has 1 fully saturated rings. The van der Waals surface area contributed by atoms with Crippen LogP contribution in [-0.2, 0) is 6.42 Å². The quantitative estimate of drug-likeness (QED) is 0.494. The van der Waals surface area contributed by atoms with E-state index in [1.807, 2.05) is 36.4 Å². The highest BCUT2D eigenvalue weighted by atomic mass is 35.5. The van der Waals surface area contributed by atoms with E-state index in [0.29, 0.717) is 18.1 Å². The van der Waals surface area contributed by atoms with Gasteiger partial charge in [0.1, 0.15) is 0 Å². The molecule has 0 saturated carbocycles. The van der Waals surface area contributed by atoms with Crippen molar-refractivity contribution < 1.29 is 23.7 Å². The Labute approximate surface area is 208 Å². The number of carbonyl (C=O) groups excluding carboxylic acids is 1. The Morgan fingerprint density at radius 1 is 0.941 bits per heavy atom. The summed E-state index contributed by atoms with van der Waals surface area (Å²) in [5.74, 6) is 2.92. The molecular formula is C26H35ClN2O5. The maximum absolute atomic E-state index is 13.3. The number of halogens is 1. The molecule has 2 aliphatic rings. The molecule has 2 aliphatic heterocycles. The molecule has 1 amide bonds. The molecule has 7 nitrogen and oxygen atoms in total. The molecule has 2 heterocycles. The molecule has 0 radical (unpaired) electrons. The summed E-state index contributed by atoms with van der Waals surface area (Å²) >= 11 is 0. The number of para-hydroxylation sites is 2. The van der Waals surface area contributed by atoms with Crippen LogP contribution in [0.4, 0.5) is 0 Å². The SMILES string of the molecule is COc1cc2c(cc1OC)C(=O)N(C1CCCN(CCCOc3ccccc3OC)C1)CC2.Cl. The average Bonchev–Trinajstić information content (AvgIpc) is 2.86. The Morgan fingerprint density at radius 2 is 1.65 bits per heavy atom. The van der Waals surface area contributed by atoms with Crippen molar-refractivity contribution in [2.75, 3.05) is 54.1 Å². The molecule has 0 bridgehead atoms. The number of fused-ring (bicyclic) bond motifs is 1. The maximum Gasteiger partial charge on any atom is 0.254 e. The minimum Gasteiger partial charge on any atom is -0.493 e. The van der Waals surface area contributed by atoms with Gasteiger partial charge in [-0.05, 0) is 62.1 Å². The number of piperidine rings is 1. The van der Waals surface area contributed by atoms with Crippen LogP contribution < -0.4 is 18.9 Å². The zero-order valence-electron chi connectivity index (χ0n) is 20.2. The molecule has 1 saturated heterocycles. The summed E-state index contributed by atoms with van der Waals surface area (Å²) in [4.78, 5) is 17.9. The number of rotatable bonds is 9. The largest absolute Gasteiger partial charge is 0.493 e. The molecular weight excluding hydrogens is 456 g/mol. The van der Waals surface area contributed by atoms with E-state index in [0.717, 1.165) is 74.5 Å². The summed E-state index contributed by atoms with van der Waals surface area (Å²) in [5.41, 5.74) is 1.77. The van der Waals surface area contributed by atoms with Gasteiger partial charge >= 0.3 is 0 Å². The van der Waals surface area contributed by atoms with Crippen molar-refractivity contribution in [3.05, 3.63) is 47.5 Å². The molecule has 0 N–H and O–H groups in total. The minimum absolute atomic E-state index is 0. The summed E-state index contributed by atoms with van der Waals surface area (Å²) in [7, 11) is 4.88. The molecule has 8 heteroatoms. The summed E-state index contributed by atoms with van der Waals surface area (Å²) in [6.07, 6.45) is 3.91. The molecule has 0 aromatic heterocycles. The average molecular weight is 491 g/mol. The van der Waals surface area contributed by atoms with E-state index in [-0.39, 0.29) is 24.4 Å². The first-order valence-corrected chi connectivity index (χ1v) is 11.7. The molecule has 4 rings (SSSR count). The van der Waals surface area contributed by atoms with E-state index < -0.39 is 0 Å². The second-order valence-electron chi connectivity index (χ2n) is 8.56. The molecule has 2 aromatic rings. The predicted octanol–water partition coefficient (Wildman–Crippen LogP) is 4.07. The number of amides is 1. The van der Waals surface area contributed by atoms with Gasteiger partial charge < -0.3 is 28.7 Å². The van der Waals surface area contributed by atoms with Gasteiger partial charge in [-0.2, -0.15) is 0 Å². The lowest BCUT2D eigenvalue weighted by atomic mass is 9.94. The van der Waals surface area contributed by atoms with Crippen LogP contribution in [0, 0.1) is 0 Å². The molecule has 2 aromatic carbocycles.